The van der Waals surface area contributed by atoms with E-state index in [1.54, 1.807) is 0 Å². The van der Waals surface area contributed by atoms with Crippen LogP contribution in [0.2, 0.25) is 0 Å². The Bertz CT molecular complexity index is 328. The van der Waals surface area contributed by atoms with Crippen LogP contribution in [0.15, 0.2) is 0 Å². The Labute approximate surface area is 101 Å². The van der Waals surface area contributed by atoms with Crippen LogP contribution in [0.1, 0.15) is 0 Å². The Hall–Kier alpha value is -0.910. The van der Waals surface area contributed by atoms with Gasteiger partial charge in [-0.15, -0.1) is 0 Å². The number of rotatable bonds is 5. The van der Waals surface area contributed by atoms with Crippen LogP contribution in [0.5, 0.6) is 0 Å². The minimum atomic E-state index is -7.48. The van der Waals surface area contributed by atoms with Crippen LogP contribution >= 0.6 is 0 Å². The van der Waals surface area contributed by atoms with E-state index in [4.69, 9.17) is 0 Å². The molecule has 0 fully saturated rings. The summed E-state index contributed by atoms with van der Waals surface area (Å²) >= 11 is 0. The summed E-state index contributed by atoms with van der Waals surface area (Å²) in [6, 6.07) is 0. The average Bonchev–Trinajstić information content (AvgIpc) is 2.24. The summed E-state index contributed by atoms with van der Waals surface area (Å²) in [5.41, 5.74) is 0. The van der Waals surface area contributed by atoms with Gasteiger partial charge in [0.15, 0.2) is 6.17 Å². The molecular formula is C7H3F13. The zero-order chi connectivity index (χ0) is 16.7. The summed E-state index contributed by atoms with van der Waals surface area (Å²) in [7, 11) is 0. The zero-order valence-electron chi connectivity index (χ0n) is 8.65. The fourth-order valence-electron chi connectivity index (χ4n) is 0.888. The first-order chi connectivity index (χ1) is 8.51. The van der Waals surface area contributed by atoms with E-state index in [2.05, 4.69) is 0 Å². The van der Waals surface area contributed by atoms with Gasteiger partial charge in [-0.3, -0.25) is 0 Å². The van der Waals surface area contributed by atoms with Gasteiger partial charge in [-0.2, -0.15) is 39.5 Å². The maximum atomic E-state index is 12.6. The van der Waals surface area contributed by atoms with Crippen molar-refractivity contribution in [2.24, 2.45) is 0 Å². The van der Waals surface area contributed by atoms with Gasteiger partial charge in [0.2, 0.25) is 6.17 Å². The highest BCUT2D eigenvalue weighted by atomic mass is 19.4. The molecule has 122 valence electrons. The summed E-state index contributed by atoms with van der Waals surface area (Å²) in [4.78, 5) is 0. The highest BCUT2D eigenvalue weighted by Gasteiger charge is 2.84. The smallest absolute Gasteiger partial charge is 0.238 e. The van der Waals surface area contributed by atoms with Crippen molar-refractivity contribution in [2.45, 2.75) is 42.7 Å². The van der Waals surface area contributed by atoms with Gasteiger partial charge in [0.05, 0.1) is 0 Å². The molecule has 0 spiro atoms. The van der Waals surface area contributed by atoms with Crippen LogP contribution in [0.4, 0.5) is 57.1 Å². The van der Waals surface area contributed by atoms with Crippen molar-refractivity contribution in [3.63, 3.8) is 0 Å². The van der Waals surface area contributed by atoms with Crippen molar-refractivity contribution in [3.8, 4) is 0 Å². The molecule has 0 aliphatic heterocycles. The van der Waals surface area contributed by atoms with Crippen molar-refractivity contribution in [3.05, 3.63) is 0 Å². The van der Waals surface area contributed by atoms with E-state index in [9.17, 15) is 57.1 Å². The molecule has 0 saturated heterocycles. The summed E-state index contributed by atoms with van der Waals surface area (Å²) < 4.78 is 157. The number of halogens is 13. The van der Waals surface area contributed by atoms with E-state index in [1.807, 2.05) is 0 Å². The predicted molar refractivity (Wildman–Crippen MR) is 36.7 cm³/mol. The van der Waals surface area contributed by atoms with E-state index in [1.165, 1.54) is 0 Å². The quantitative estimate of drug-likeness (QED) is 0.654. The predicted octanol–water partition coefficient (Wildman–Crippen LogP) is 4.40. The third kappa shape index (κ3) is 2.75. The molecule has 0 amide bonds. The van der Waals surface area contributed by atoms with Gasteiger partial charge in [0, 0.05) is 0 Å². The second-order valence-electron chi connectivity index (χ2n) is 3.45. The Kier molecular flexibility index (Phi) is 4.90. The minimum Gasteiger partial charge on any atom is -0.238 e. The molecule has 20 heavy (non-hydrogen) atoms. The topological polar surface area (TPSA) is 0 Å². The summed E-state index contributed by atoms with van der Waals surface area (Å²) in [6.45, 7) is 0. The second-order valence-corrected chi connectivity index (χ2v) is 3.45. The van der Waals surface area contributed by atoms with Crippen molar-refractivity contribution < 1.29 is 57.1 Å². The molecule has 0 aromatic carbocycles. The van der Waals surface area contributed by atoms with E-state index < -0.39 is 42.7 Å². The first-order valence-electron chi connectivity index (χ1n) is 4.28. The molecule has 0 aromatic heterocycles. The molecule has 0 heterocycles. The molecule has 0 bridgehead atoms. The number of hydrogen-bond acceptors (Lipinski definition) is 0. The molecule has 0 nitrogen and oxygen atoms in total. The van der Waals surface area contributed by atoms with Crippen LogP contribution in [-0.2, 0) is 0 Å². The molecule has 2 atom stereocenters. The average molecular weight is 334 g/mol. The van der Waals surface area contributed by atoms with Crippen molar-refractivity contribution in [1.29, 1.82) is 0 Å². The van der Waals surface area contributed by atoms with E-state index >= 15 is 0 Å². The maximum absolute atomic E-state index is 12.6. The van der Waals surface area contributed by atoms with Gasteiger partial charge < -0.3 is 0 Å². The summed E-state index contributed by atoms with van der Waals surface area (Å²) in [5.74, 6) is -22.0. The van der Waals surface area contributed by atoms with Crippen LogP contribution < -0.4 is 0 Å². The van der Waals surface area contributed by atoms with Gasteiger partial charge in [0.1, 0.15) is 0 Å². The van der Waals surface area contributed by atoms with Crippen molar-refractivity contribution in [2.75, 3.05) is 0 Å². The number of alkyl halides is 13. The molecule has 0 radical (unpaired) electrons. The lowest BCUT2D eigenvalue weighted by Gasteiger charge is -2.35. The Balaban J connectivity index is 5.69. The lowest BCUT2D eigenvalue weighted by molar-refractivity contribution is -0.405. The van der Waals surface area contributed by atoms with Gasteiger partial charge in [-0.05, 0) is 0 Å². The molecule has 0 aliphatic rings. The Morgan fingerprint density at radius 2 is 0.900 bits per heavy atom. The van der Waals surface area contributed by atoms with Gasteiger partial charge >= 0.3 is 23.9 Å². The first-order valence-corrected chi connectivity index (χ1v) is 4.28. The van der Waals surface area contributed by atoms with Gasteiger partial charge in [-0.25, -0.2) is 17.6 Å². The van der Waals surface area contributed by atoms with Crippen molar-refractivity contribution in [1.82, 2.24) is 0 Å². The highest BCUT2D eigenvalue weighted by Crippen LogP contribution is 2.55. The largest absolute Gasteiger partial charge is 0.460 e. The Morgan fingerprint density at radius 1 is 0.550 bits per heavy atom. The summed E-state index contributed by atoms with van der Waals surface area (Å²) in [6.07, 6.45) is -21.8. The SMILES string of the molecule is FC(F)C(F)C(F)C(F)(F)C(F)(F)C(F)(F)C(F)(F)F. The van der Waals surface area contributed by atoms with Crippen LogP contribution in [0.3, 0.4) is 0 Å². The second kappa shape index (κ2) is 5.13. The monoisotopic (exact) mass is 334 g/mol. The molecular weight excluding hydrogens is 331 g/mol. The third-order valence-electron chi connectivity index (χ3n) is 2.04. The molecule has 2 unspecified atom stereocenters. The van der Waals surface area contributed by atoms with Crippen LogP contribution in [0, 0.1) is 0 Å². The third-order valence-corrected chi connectivity index (χ3v) is 2.04. The zero-order valence-corrected chi connectivity index (χ0v) is 8.65. The van der Waals surface area contributed by atoms with Gasteiger partial charge in [-0.1, -0.05) is 0 Å². The normalized spacial score (nSPS) is 18.3. The van der Waals surface area contributed by atoms with E-state index in [0.29, 0.717) is 0 Å². The molecule has 0 N–H and O–H groups in total. The standard InChI is InChI=1S/C7H3F13/c8-1(3(10)11)2(9)4(12,13)5(14,15)6(16,17)7(18,19)20/h1-3H. The molecule has 0 saturated carbocycles. The van der Waals surface area contributed by atoms with Gasteiger partial charge in [0.25, 0.3) is 6.43 Å². The number of hydrogen-bond donors (Lipinski definition) is 0. The van der Waals surface area contributed by atoms with Crippen molar-refractivity contribution >= 4 is 0 Å². The summed E-state index contributed by atoms with van der Waals surface area (Å²) in [5, 5.41) is 0. The van der Waals surface area contributed by atoms with E-state index in [0.717, 1.165) is 0 Å². The van der Waals surface area contributed by atoms with Crippen LogP contribution in [0.25, 0.3) is 0 Å². The molecule has 0 rings (SSSR count). The maximum Gasteiger partial charge on any atom is 0.460 e. The lowest BCUT2D eigenvalue weighted by Crippen LogP contribution is -2.65. The minimum absolute atomic E-state index is 4.63. The fourth-order valence-corrected chi connectivity index (χ4v) is 0.888. The highest BCUT2D eigenvalue weighted by molar-refractivity contribution is 5.05. The molecule has 13 heteroatoms. The van der Waals surface area contributed by atoms with Crippen LogP contribution in [-0.4, -0.2) is 42.7 Å². The molecule has 0 aromatic rings. The first kappa shape index (κ1) is 19.1. The fraction of sp³-hybridized carbons (Fsp3) is 1.00. The Morgan fingerprint density at radius 3 is 1.15 bits per heavy atom. The van der Waals surface area contributed by atoms with E-state index in [-0.39, 0.29) is 0 Å². The molecule has 0 aliphatic carbocycles. The lowest BCUT2D eigenvalue weighted by atomic mass is 9.97.